The second-order valence-corrected chi connectivity index (χ2v) is 6.81. The van der Waals surface area contributed by atoms with Crippen molar-refractivity contribution in [1.82, 2.24) is 0 Å². The van der Waals surface area contributed by atoms with Gasteiger partial charge in [-0.2, -0.15) is 8.42 Å². The highest BCUT2D eigenvalue weighted by atomic mass is 32.2. The molecule has 2 rings (SSSR count). The summed E-state index contributed by atoms with van der Waals surface area (Å²) >= 11 is 0. The molecule has 1 aliphatic rings. The molecule has 0 aromatic heterocycles. The third-order valence-electron chi connectivity index (χ3n) is 3.52. The first-order valence-electron chi connectivity index (χ1n) is 5.80. The van der Waals surface area contributed by atoms with Gasteiger partial charge in [-0.1, -0.05) is 21.7 Å². The van der Waals surface area contributed by atoms with Crippen LogP contribution in [-0.2, 0) is 10.0 Å². The molecule has 17 heavy (non-hydrogen) atoms. The van der Waals surface area contributed by atoms with Crippen LogP contribution in [0.25, 0.3) is 0 Å². The number of quaternary nitrogens is 1. The van der Waals surface area contributed by atoms with Gasteiger partial charge in [-0.3, -0.25) is 0 Å². The van der Waals surface area contributed by atoms with Crippen LogP contribution in [0, 0.1) is 6.92 Å². The van der Waals surface area contributed by atoms with E-state index in [4.69, 9.17) is 0 Å². The molecule has 1 aromatic carbocycles. The normalized spacial score (nSPS) is 29.5. The first-order chi connectivity index (χ1) is 7.88. The molecular weight excluding hydrogens is 238 g/mol. The molecule has 1 unspecified atom stereocenters. The molecule has 0 spiro atoms. The average molecular weight is 256 g/mol. The van der Waals surface area contributed by atoms with E-state index in [2.05, 4.69) is 0 Å². The Balaban J connectivity index is 2.46. The van der Waals surface area contributed by atoms with E-state index in [0.717, 1.165) is 18.4 Å². The van der Waals surface area contributed by atoms with Crippen molar-refractivity contribution in [2.45, 2.75) is 37.6 Å². The summed E-state index contributed by atoms with van der Waals surface area (Å²) in [6.07, 6.45) is 1.48. The number of nitrogens with zero attached hydrogens (tertiary/aromatic N) is 1. The maximum Gasteiger partial charge on any atom is 0.357 e. The van der Waals surface area contributed by atoms with Gasteiger partial charge in [0.1, 0.15) is 17.5 Å². The highest BCUT2D eigenvalue weighted by Crippen LogP contribution is 2.32. The summed E-state index contributed by atoms with van der Waals surface area (Å²) < 4.78 is 23.9. The molecule has 0 aliphatic carbocycles. The van der Waals surface area contributed by atoms with Gasteiger partial charge in [0.05, 0.1) is 0 Å². The van der Waals surface area contributed by atoms with Crippen molar-refractivity contribution in [2.24, 2.45) is 0 Å². The van der Waals surface area contributed by atoms with E-state index in [1.807, 2.05) is 6.92 Å². The Kier molecular flexibility index (Phi) is 3.01. The van der Waals surface area contributed by atoms with Crippen LogP contribution in [0.15, 0.2) is 29.2 Å². The van der Waals surface area contributed by atoms with E-state index in [1.165, 1.54) is 0 Å². The summed E-state index contributed by atoms with van der Waals surface area (Å²) in [4.78, 5) is 0.194. The Hall–Kier alpha value is -0.910. The average Bonchev–Trinajstić information content (AvgIpc) is 2.61. The van der Waals surface area contributed by atoms with E-state index in [-0.39, 0.29) is 17.5 Å². The maximum atomic E-state index is 12.4. The standard InChI is InChI=1S/C12H18NO3S/c1-10-5-7-12(8-6-10)17(15,16)13(14)9-3-4-11(13)2/h5-8,11,14H,3-4,9H2,1-2H3/q+1/t11-,13?/m1/s1. The fourth-order valence-electron chi connectivity index (χ4n) is 2.29. The van der Waals surface area contributed by atoms with E-state index in [0.29, 0.717) is 0 Å². The lowest BCUT2D eigenvalue weighted by atomic mass is 10.2. The summed E-state index contributed by atoms with van der Waals surface area (Å²) in [5, 5.41) is 10.4. The Labute approximate surface area is 102 Å². The van der Waals surface area contributed by atoms with Crippen LogP contribution in [-0.4, -0.2) is 30.3 Å². The van der Waals surface area contributed by atoms with Crippen LogP contribution in [0.4, 0.5) is 0 Å². The molecule has 0 radical (unpaired) electrons. The molecule has 94 valence electrons. The van der Waals surface area contributed by atoms with Crippen molar-refractivity contribution < 1.29 is 17.7 Å². The molecule has 1 N–H and O–H groups in total. The number of sulfonamides is 1. The Morgan fingerprint density at radius 2 is 1.88 bits per heavy atom. The van der Waals surface area contributed by atoms with Gasteiger partial charge in [0.15, 0.2) is 0 Å². The van der Waals surface area contributed by atoms with Gasteiger partial charge in [-0.05, 0) is 26.0 Å². The zero-order valence-electron chi connectivity index (χ0n) is 10.1. The van der Waals surface area contributed by atoms with Crippen molar-refractivity contribution in [3.05, 3.63) is 29.8 Å². The van der Waals surface area contributed by atoms with Crippen LogP contribution in [0.1, 0.15) is 25.3 Å². The second kappa shape index (κ2) is 4.08. The van der Waals surface area contributed by atoms with E-state index < -0.39 is 14.1 Å². The van der Waals surface area contributed by atoms with Gasteiger partial charge in [-0.25, -0.2) is 5.21 Å². The first-order valence-corrected chi connectivity index (χ1v) is 7.24. The molecule has 1 saturated heterocycles. The zero-order valence-corrected chi connectivity index (χ0v) is 10.9. The smallest absolute Gasteiger partial charge is 0.200 e. The summed E-state index contributed by atoms with van der Waals surface area (Å²) in [5.74, 6) is 0. The van der Waals surface area contributed by atoms with E-state index >= 15 is 0 Å². The summed E-state index contributed by atoms with van der Waals surface area (Å²) in [6, 6.07) is 6.36. The molecule has 1 fully saturated rings. The van der Waals surface area contributed by atoms with Crippen molar-refractivity contribution in [1.29, 1.82) is 0 Å². The predicted octanol–water partition coefficient (Wildman–Crippen LogP) is 2.07. The van der Waals surface area contributed by atoms with Crippen molar-refractivity contribution in [2.75, 3.05) is 6.54 Å². The third kappa shape index (κ3) is 1.88. The molecule has 1 aromatic rings. The van der Waals surface area contributed by atoms with Crippen LogP contribution < -0.4 is 0 Å². The zero-order chi connectivity index (χ0) is 12.7. The number of hydroxylamine groups is 2. The lowest BCUT2D eigenvalue weighted by Crippen LogP contribution is -2.51. The molecule has 0 saturated carbocycles. The second-order valence-electron chi connectivity index (χ2n) is 4.76. The molecular formula is C12H18NO3S+. The lowest BCUT2D eigenvalue weighted by Gasteiger charge is -2.28. The molecule has 0 amide bonds. The number of hydrogen-bond acceptors (Lipinski definition) is 3. The Morgan fingerprint density at radius 1 is 1.29 bits per heavy atom. The minimum atomic E-state index is -3.71. The van der Waals surface area contributed by atoms with Crippen LogP contribution >= 0.6 is 0 Å². The molecule has 0 bridgehead atoms. The molecule has 2 atom stereocenters. The van der Waals surface area contributed by atoms with Gasteiger partial charge in [0.25, 0.3) is 0 Å². The quantitative estimate of drug-likeness (QED) is 0.824. The monoisotopic (exact) mass is 256 g/mol. The minimum absolute atomic E-state index is 0.194. The van der Waals surface area contributed by atoms with Crippen molar-refractivity contribution >= 4 is 10.0 Å². The predicted molar refractivity (Wildman–Crippen MR) is 64.0 cm³/mol. The van der Waals surface area contributed by atoms with Gasteiger partial charge >= 0.3 is 10.0 Å². The first kappa shape index (κ1) is 12.5. The van der Waals surface area contributed by atoms with Crippen molar-refractivity contribution in [3.63, 3.8) is 0 Å². The molecule has 1 aliphatic heterocycles. The fraction of sp³-hybridized carbons (Fsp3) is 0.500. The van der Waals surface area contributed by atoms with Crippen LogP contribution in [0.3, 0.4) is 0 Å². The highest BCUT2D eigenvalue weighted by molar-refractivity contribution is 7.85. The largest absolute Gasteiger partial charge is 0.357 e. The number of aryl methyl sites for hydroxylation is 1. The third-order valence-corrected chi connectivity index (χ3v) is 5.77. The van der Waals surface area contributed by atoms with Gasteiger partial charge < -0.3 is 0 Å². The van der Waals surface area contributed by atoms with Crippen LogP contribution in [0.5, 0.6) is 0 Å². The maximum absolute atomic E-state index is 12.4. The SMILES string of the molecule is Cc1ccc(S(=O)(=O)[N+]2(O)CCC[C@H]2C)cc1. The molecule has 4 nitrogen and oxygen atoms in total. The molecule has 1 heterocycles. The van der Waals surface area contributed by atoms with Gasteiger partial charge in [0, 0.05) is 12.8 Å². The minimum Gasteiger partial charge on any atom is -0.200 e. The topological polar surface area (TPSA) is 54.4 Å². The molecule has 5 heteroatoms. The fourth-order valence-corrected chi connectivity index (χ4v) is 4.08. The van der Waals surface area contributed by atoms with Gasteiger partial charge in [0.2, 0.25) is 0 Å². The highest BCUT2D eigenvalue weighted by Gasteiger charge is 2.50. The Bertz CT molecular complexity index is 509. The van der Waals surface area contributed by atoms with Crippen LogP contribution in [0.2, 0.25) is 0 Å². The number of benzene rings is 1. The summed E-state index contributed by atoms with van der Waals surface area (Å²) in [6.45, 7) is 3.95. The summed E-state index contributed by atoms with van der Waals surface area (Å²) in [7, 11) is -3.71. The van der Waals surface area contributed by atoms with Crippen molar-refractivity contribution in [3.8, 4) is 0 Å². The van der Waals surface area contributed by atoms with E-state index in [9.17, 15) is 13.6 Å². The Morgan fingerprint density at radius 3 is 2.35 bits per heavy atom. The number of hydrogen-bond donors (Lipinski definition) is 1. The van der Waals surface area contributed by atoms with E-state index in [1.54, 1.807) is 31.2 Å². The summed E-state index contributed by atoms with van der Waals surface area (Å²) in [5.41, 5.74) is 1.00. The lowest BCUT2D eigenvalue weighted by molar-refractivity contribution is -1.01. The van der Waals surface area contributed by atoms with Gasteiger partial charge in [-0.15, -0.1) is 0 Å². The number of rotatable bonds is 2.